The number of benzene rings is 3. The summed E-state index contributed by atoms with van der Waals surface area (Å²) in [5.74, 6) is 0.600. The third kappa shape index (κ3) is 4.12. The van der Waals surface area contributed by atoms with E-state index in [0.717, 1.165) is 22.4 Å². The molecule has 0 radical (unpaired) electrons. The van der Waals surface area contributed by atoms with Crippen LogP contribution >= 0.6 is 0 Å². The van der Waals surface area contributed by atoms with E-state index in [1.165, 1.54) is 0 Å². The van der Waals surface area contributed by atoms with Gasteiger partial charge in [-0.1, -0.05) is 60.7 Å². The van der Waals surface area contributed by atoms with Gasteiger partial charge < -0.3 is 9.47 Å². The van der Waals surface area contributed by atoms with Crippen molar-refractivity contribution >= 4 is 17.9 Å². The number of rotatable bonds is 5. The van der Waals surface area contributed by atoms with Gasteiger partial charge in [-0.2, -0.15) is 0 Å². The summed E-state index contributed by atoms with van der Waals surface area (Å²) in [7, 11) is 0. The fourth-order valence-corrected chi connectivity index (χ4v) is 2.67. The molecule has 4 heteroatoms. The zero-order valence-electron chi connectivity index (χ0n) is 14.5. The van der Waals surface area contributed by atoms with Gasteiger partial charge in [0, 0.05) is 5.56 Å². The van der Waals surface area contributed by atoms with Gasteiger partial charge in [0.2, 0.25) is 5.90 Å². The van der Waals surface area contributed by atoms with Crippen molar-refractivity contribution in [2.24, 2.45) is 4.99 Å². The van der Waals surface area contributed by atoms with E-state index in [1.807, 2.05) is 84.9 Å². The van der Waals surface area contributed by atoms with E-state index in [2.05, 4.69) is 4.99 Å². The Kier molecular flexibility index (Phi) is 4.79. The lowest BCUT2D eigenvalue weighted by molar-refractivity contribution is -0.129. The SMILES string of the molecule is O=C1OC(c2ccc(OCc3ccccc3)cc2)=N/C1=C\c1ccccc1. The van der Waals surface area contributed by atoms with E-state index in [9.17, 15) is 4.79 Å². The van der Waals surface area contributed by atoms with E-state index in [0.29, 0.717) is 18.2 Å². The predicted octanol–water partition coefficient (Wildman–Crippen LogP) is 4.61. The normalized spacial score (nSPS) is 14.7. The lowest BCUT2D eigenvalue weighted by Crippen LogP contribution is -2.05. The fraction of sp³-hybridized carbons (Fsp3) is 0.0435. The average Bonchev–Trinajstić information content (AvgIpc) is 3.09. The summed E-state index contributed by atoms with van der Waals surface area (Å²) in [6.07, 6.45) is 1.71. The molecule has 3 aromatic rings. The zero-order valence-corrected chi connectivity index (χ0v) is 14.5. The molecule has 0 spiro atoms. The Hall–Kier alpha value is -3.66. The van der Waals surface area contributed by atoms with Crippen molar-refractivity contribution in [2.75, 3.05) is 0 Å². The highest BCUT2D eigenvalue weighted by atomic mass is 16.6. The van der Waals surface area contributed by atoms with Crippen molar-refractivity contribution < 1.29 is 14.3 Å². The summed E-state index contributed by atoms with van der Waals surface area (Å²) in [4.78, 5) is 16.4. The van der Waals surface area contributed by atoms with Crippen LogP contribution in [-0.4, -0.2) is 11.9 Å². The minimum Gasteiger partial charge on any atom is -0.489 e. The summed E-state index contributed by atoms with van der Waals surface area (Å²) >= 11 is 0. The average molecular weight is 355 g/mol. The minimum atomic E-state index is -0.446. The van der Waals surface area contributed by atoms with Crippen LogP contribution in [0.25, 0.3) is 6.08 Å². The third-order valence-electron chi connectivity index (χ3n) is 4.07. The molecular formula is C23H17NO3. The van der Waals surface area contributed by atoms with Gasteiger partial charge in [-0.3, -0.25) is 0 Å². The third-order valence-corrected chi connectivity index (χ3v) is 4.07. The number of nitrogens with zero attached hydrogens (tertiary/aromatic N) is 1. The zero-order chi connectivity index (χ0) is 18.5. The quantitative estimate of drug-likeness (QED) is 0.496. The lowest BCUT2D eigenvalue weighted by Gasteiger charge is -2.07. The first-order valence-electron chi connectivity index (χ1n) is 8.63. The molecule has 4 rings (SSSR count). The van der Waals surface area contributed by atoms with E-state index in [4.69, 9.17) is 9.47 Å². The van der Waals surface area contributed by atoms with Gasteiger partial charge in [0.15, 0.2) is 5.70 Å². The van der Waals surface area contributed by atoms with Gasteiger partial charge in [-0.05, 0) is 41.5 Å². The molecule has 0 unspecified atom stereocenters. The second-order valence-corrected chi connectivity index (χ2v) is 6.05. The highest BCUT2D eigenvalue weighted by molar-refractivity contribution is 6.12. The van der Waals surface area contributed by atoms with E-state index >= 15 is 0 Å². The lowest BCUT2D eigenvalue weighted by atomic mass is 10.2. The Balaban J connectivity index is 1.46. The number of esters is 1. The van der Waals surface area contributed by atoms with Gasteiger partial charge in [-0.15, -0.1) is 0 Å². The molecule has 1 aliphatic rings. The standard InChI is InChI=1S/C23H17NO3/c25-23-21(15-17-7-3-1-4-8-17)24-22(27-23)19-11-13-20(14-12-19)26-16-18-9-5-2-6-10-18/h1-15H,16H2/b21-15-. The van der Waals surface area contributed by atoms with Crippen LogP contribution in [0.15, 0.2) is 95.6 Å². The number of hydrogen-bond acceptors (Lipinski definition) is 4. The molecule has 0 atom stereocenters. The van der Waals surface area contributed by atoms with Crippen molar-refractivity contribution in [3.05, 3.63) is 107 Å². The summed E-state index contributed by atoms with van der Waals surface area (Å²) in [6.45, 7) is 0.500. The molecule has 0 fully saturated rings. The number of hydrogen-bond donors (Lipinski definition) is 0. The Morgan fingerprint density at radius 3 is 2.22 bits per heavy atom. The fourth-order valence-electron chi connectivity index (χ4n) is 2.67. The first-order valence-corrected chi connectivity index (χ1v) is 8.63. The van der Waals surface area contributed by atoms with Crippen molar-refractivity contribution in [3.63, 3.8) is 0 Å². The minimum absolute atomic E-state index is 0.292. The van der Waals surface area contributed by atoms with Crippen molar-refractivity contribution in [1.29, 1.82) is 0 Å². The number of ether oxygens (including phenoxy) is 2. The monoisotopic (exact) mass is 355 g/mol. The van der Waals surface area contributed by atoms with Gasteiger partial charge in [-0.25, -0.2) is 9.79 Å². The van der Waals surface area contributed by atoms with Crippen LogP contribution < -0.4 is 4.74 Å². The number of aliphatic imine (C=N–C) groups is 1. The molecule has 0 amide bonds. The molecule has 0 aliphatic carbocycles. The van der Waals surface area contributed by atoms with Crippen LogP contribution in [0.1, 0.15) is 16.7 Å². The molecule has 0 aromatic heterocycles. The van der Waals surface area contributed by atoms with Gasteiger partial charge in [0.1, 0.15) is 12.4 Å². The van der Waals surface area contributed by atoms with E-state index in [1.54, 1.807) is 6.08 Å². The largest absolute Gasteiger partial charge is 0.489 e. The molecule has 0 saturated carbocycles. The molecule has 132 valence electrons. The van der Waals surface area contributed by atoms with Crippen molar-refractivity contribution in [3.8, 4) is 5.75 Å². The molecule has 0 bridgehead atoms. The Labute approximate surface area is 157 Å². The summed E-state index contributed by atoms with van der Waals surface area (Å²) < 4.78 is 11.1. The van der Waals surface area contributed by atoms with Crippen LogP contribution in [0.4, 0.5) is 0 Å². The number of carbonyl (C=O) groups is 1. The predicted molar refractivity (Wildman–Crippen MR) is 104 cm³/mol. The van der Waals surface area contributed by atoms with Crippen LogP contribution in [0.2, 0.25) is 0 Å². The van der Waals surface area contributed by atoms with Crippen molar-refractivity contribution in [1.82, 2.24) is 0 Å². The van der Waals surface area contributed by atoms with E-state index < -0.39 is 5.97 Å². The Bertz CT molecular complexity index is 991. The molecule has 1 aliphatic heterocycles. The van der Waals surface area contributed by atoms with Crippen LogP contribution in [0.5, 0.6) is 5.75 Å². The maximum atomic E-state index is 12.1. The van der Waals surface area contributed by atoms with Crippen molar-refractivity contribution in [2.45, 2.75) is 6.61 Å². The highest BCUT2D eigenvalue weighted by Crippen LogP contribution is 2.21. The molecule has 3 aromatic carbocycles. The summed E-state index contributed by atoms with van der Waals surface area (Å²) in [6, 6.07) is 26.9. The van der Waals surface area contributed by atoms with Gasteiger partial charge in [0.25, 0.3) is 0 Å². The topological polar surface area (TPSA) is 47.9 Å². The van der Waals surface area contributed by atoms with Crippen LogP contribution in [-0.2, 0) is 16.1 Å². The molecule has 4 nitrogen and oxygen atoms in total. The van der Waals surface area contributed by atoms with Gasteiger partial charge >= 0.3 is 5.97 Å². The van der Waals surface area contributed by atoms with Crippen LogP contribution in [0.3, 0.4) is 0 Å². The second-order valence-electron chi connectivity index (χ2n) is 6.05. The van der Waals surface area contributed by atoms with Gasteiger partial charge in [0.05, 0.1) is 0 Å². The molecule has 1 heterocycles. The maximum absolute atomic E-state index is 12.1. The second kappa shape index (κ2) is 7.70. The molecule has 27 heavy (non-hydrogen) atoms. The first-order chi connectivity index (χ1) is 13.3. The smallest absolute Gasteiger partial charge is 0.363 e. The first kappa shape index (κ1) is 16.8. The highest BCUT2D eigenvalue weighted by Gasteiger charge is 2.24. The summed E-state index contributed by atoms with van der Waals surface area (Å²) in [5.41, 5.74) is 3.03. The Morgan fingerprint density at radius 2 is 1.52 bits per heavy atom. The van der Waals surface area contributed by atoms with E-state index in [-0.39, 0.29) is 0 Å². The molecule has 0 saturated heterocycles. The Morgan fingerprint density at radius 1 is 0.852 bits per heavy atom. The molecular weight excluding hydrogens is 338 g/mol. The molecule has 0 N–H and O–H groups in total. The van der Waals surface area contributed by atoms with Crippen LogP contribution in [0, 0.1) is 0 Å². The summed E-state index contributed by atoms with van der Waals surface area (Å²) in [5, 5.41) is 0. The maximum Gasteiger partial charge on any atom is 0.363 e. The number of carbonyl (C=O) groups excluding carboxylic acids is 1. The number of cyclic esters (lactones) is 1.